The zero-order chi connectivity index (χ0) is 17.7. The van der Waals surface area contributed by atoms with Crippen molar-refractivity contribution in [3.8, 4) is 0 Å². The van der Waals surface area contributed by atoms with Crippen molar-refractivity contribution in [1.82, 2.24) is 15.3 Å². The Morgan fingerprint density at radius 3 is 2.96 bits per heavy atom. The number of piperidine rings is 1. The second kappa shape index (κ2) is 5.89. The summed E-state index contributed by atoms with van der Waals surface area (Å²) in [5, 5.41) is 7.57. The Hall–Kier alpha value is -2.24. The molecule has 1 saturated carbocycles. The number of aromatic nitrogens is 2. The number of halogens is 2. The number of anilines is 2. The van der Waals surface area contributed by atoms with Gasteiger partial charge in [-0.15, -0.1) is 0 Å². The first kappa shape index (κ1) is 16.0. The smallest absolute Gasteiger partial charge is 0.165 e. The van der Waals surface area contributed by atoms with Crippen LogP contribution in [0, 0.1) is 11.7 Å². The molecule has 1 aliphatic carbocycles. The van der Waals surface area contributed by atoms with Crippen LogP contribution in [0.4, 0.5) is 15.9 Å². The molecule has 1 aromatic heterocycles. The lowest BCUT2D eigenvalue weighted by Crippen LogP contribution is -2.34. The molecule has 4 nitrogen and oxygen atoms in total. The van der Waals surface area contributed by atoms with Crippen LogP contribution < -0.4 is 10.6 Å². The molecule has 26 heavy (non-hydrogen) atoms. The molecular formula is C20H18ClFN4. The Morgan fingerprint density at radius 2 is 2.08 bits per heavy atom. The predicted molar refractivity (Wildman–Crippen MR) is 102 cm³/mol. The third-order valence-corrected chi connectivity index (χ3v) is 6.13. The van der Waals surface area contributed by atoms with Gasteiger partial charge in [-0.1, -0.05) is 29.8 Å². The van der Waals surface area contributed by atoms with Crippen LogP contribution in [0.5, 0.6) is 0 Å². The van der Waals surface area contributed by atoms with Crippen LogP contribution in [0.1, 0.15) is 18.4 Å². The highest BCUT2D eigenvalue weighted by molar-refractivity contribution is 6.32. The molecule has 0 amide bonds. The Labute approximate surface area is 155 Å². The first-order chi connectivity index (χ1) is 12.7. The minimum atomic E-state index is -0.419. The van der Waals surface area contributed by atoms with Gasteiger partial charge in [0.2, 0.25) is 0 Å². The van der Waals surface area contributed by atoms with E-state index in [-0.39, 0.29) is 10.4 Å². The molecule has 2 N–H and O–H groups in total. The van der Waals surface area contributed by atoms with E-state index in [0.29, 0.717) is 17.4 Å². The van der Waals surface area contributed by atoms with Gasteiger partial charge in [-0.05, 0) is 49.1 Å². The van der Waals surface area contributed by atoms with E-state index < -0.39 is 5.82 Å². The summed E-state index contributed by atoms with van der Waals surface area (Å²) in [4.78, 5) is 8.50. The summed E-state index contributed by atoms with van der Waals surface area (Å²) in [6.45, 7) is 1.91. The van der Waals surface area contributed by atoms with Crippen molar-refractivity contribution in [2.24, 2.45) is 5.92 Å². The van der Waals surface area contributed by atoms with Crippen molar-refractivity contribution in [1.29, 1.82) is 0 Å². The molecule has 0 bridgehead atoms. The van der Waals surface area contributed by atoms with Crippen LogP contribution in [0.25, 0.3) is 10.9 Å². The lowest BCUT2D eigenvalue weighted by molar-refractivity contribution is 0.445. The summed E-state index contributed by atoms with van der Waals surface area (Å²) in [6.07, 6.45) is 3.69. The van der Waals surface area contributed by atoms with Gasteiger partial charge >= 0.3 is 0 Å². The van der Waals surface area contributed by atoms with Crippen LogP contribution in [-0.4, -0.2) is 23.1 Å². The van der Waals surface area contributed by atoms with E-state index in [0.717, 1.165) is 42.4 Å². The molecule has 2 atom stereocenters. The van der Waals surface area contributed by atoms with E-state index in [1.54, 1.807) is 6.07 Å². The van der Waals surface area contributed by atoms with Crippen molar-refractivity contribution < 1.29 is 4.39 Å². The van der Waals surface area contributed by atoms with E-state index in [9.17, 15) is 0 Å². The summed E-state index contributed by atoms with van der Waals surface area (Å²) in [5.41, 5.74) is 2.07. The van der Waals surface area contributed by atoms with Gasteiger partial charge in [-0.25, -0.2) is 14.4 Å². The first-order valence-corrected chi connectivity index (χ1v) is 9.23. The fourth-order valence-electron chi connectivity index (χ4n) is 4.25. The normalized spacial score (nSPS) is 24.3. The first-order valence-electron chi connectivity index (χ1n) is 8.85. The topological polar surface area (TPSA) is 49.8 Å². The fourth-order valence-corrected chi connectivity index (χ4v) is 4.60. The van der Waals surface area contributed by atoms with Crippen molar-refractivity contribution in [2.45, 2.75) is 18.3 Å². The Bertz CT molecular complexity index is 1000. The van der Waals surface area contributed by atoms with Crippen LogP contribution in [0.15, 0.2) is 42.7 Å². The highest BCUT2D eigenvalue weighted by atomic mass is 35.5. The lowest BCUT2D eigenvalue weighted by atomic mass is 9.89. The van der Waals surface area contributed by atoms with Gasteiger partial charge in [0.15, 0.2) is 5.82 Å². The highest BCUT2D eigenvalue weighted by Gasteiger charge is 2.57. The average Bonchev–Trinajstić information content (AvgIpc) is 3.41. The van der Waals surface area contributed by atoms with Crippen LogP contribution in [0.3, 0.4) is 0 Å². The molecule has 3 aromatic rings. The lowest BCUT2D eigenvalue weighted by Gasteiger charge is -2.25. The molecule has 2 aliphatic rings. The van der Waals surface area contributed by atoms with E-state index in [1.807, 2.05) is 30.3 Å². The largest absolute Gasteiger partial charge is 0.337 e. The molecule has 0 radical (unpaired) electrons. The third-order valence-electron chi connectivity index (χ3n) is 5.76. The molecule has 0 unspecified atom stereocenters. The second-order valence-electron chi connectivity index (χ2n) is 7.18. The van der Waals surface area contributed by atoms with Gasteiger partial charge in [0, 0.05) is 17.3 Å². The van der Waals surface area contributed by atoms with Gasteiger partial charge in [0.25, 0.3) is 0 Å². The zero-order valence-corrected chi connectivity index (χ0v) is 14.9. The van der Waals surface area contributed by atoms with Gasteiger partial charge in [0.1, 0.15) is 12.1 Å². The minimum Gasteiger partial charge on any atom is -0.337 e. The van der Waals surface area contributed by atoms with Crippen molar-refractivity contribution in [3.05, 3.63) is 59.1 Å². The number of nitrogens with zero attached hydrogens (tertiary/aromatic N) is 2. The van der Waals surface area contributed by atoms with Crippen LogP contribution in [-0.2, 0) is 5.41 Å². The number of hydrogen-bond donors (Lipinski definition) is 2. The molecule has 2 aromatic carbocycles. The molecule has 0 spiro atoms. The average molecular weight is 369 g/mol. The molecule has 132 valence electrons. The monoisotopic (exact) mass is 368 g/mol. The summed E-state index contributed by atoms with van der Waals surface area (Å²) in [6, 6.07) is 11.4. The number of para-hydroxylation sites is 1. The van der Waals surface area contributed by atoms with E-state index in [4.69, 9.17) is 11.6 Å². The van der Waals surface area contributed by atoms with Gasteiger partial charge in [-0.3, -0.25) is 0 Å². The Morgan fingerprint density at radius 1 is 1.19 bits per heavy atom. The Balaban J connectivity index is 1.52. The molecular weight excluding hydrogens is 351 g/mol. The Kier molecular flexibility index (Phi) is 3.62. The predicted octanol–water partition coefficient (Wildman–Crippen LogP) is 4.42. The summed E-state index contributed by atoms with van der Waals surface area (Å²) in [5.74, 6) is 0.767. The maximum Gasteiger partial charge on any atom is 0.165 e. The molecule has 2 fully saturated rings. The number of fused-ring (bicyclic) bond motifs is 2. The van der Waals surface area contributed by atoms with E-state index in [2.05, 4.69) is 20.6 Å². The number of benzene rings is 2. The maximum absolute atomic E-state index is 15.0. The second-order valence-corrected chi connectivity index (χ2v) is 7.55. The maximum atomic E-state index is 15.0. The molecule has 5 rings (SSSR count). The SMILES string of the molecule is Fc1c(Nc2ncnc3ccccc23)ccc([C@@]23CNCC[C@@H]2C3)c1Cl. The van der Waals surface area contributed by atoms with Gasteiger partial charge in [-0.2, -0.15) is 0 Å². The minimum absolute atomic E-state index is 0.0102. The van der Waals surface area contributed by atoms with Crippen molar-refractivity contribution in [3.63, 3.8) is 0 Å². The standard InChI is InChI=1S/C20H18ClFN4/c21-17-14(20-9-12(20)7-8-23-10-20)5-6-16(18(17)22)26-19-13-3-1-2-4-15(13)24-11-25-19/h1-6,11-12,23H,7-10H2,(H,24,25,26)/t12-,20+/m1/s1. The number of hydrogen-bond acceptors (Lipinski definition) is 4. The molecule has 6 heteroatoms. The van der Waals surface area contributed by atoms with Crippen molar-refractivity contribution in [2.75, 3.05) is 18.4 Å². The van der Waals surface area contributed by atoms with Gasteiger partial charge < -0.3 is 10.6 Å². The molecule has 1 aliphatic heterocycles. The van der Waals surface area contributed by atoms with Crippen molar-refractivity contribution >= 4 is 34.0 Å². The van der Waals surface area contributed by atoms with Gasteiger partial charge in [0.05, 0.1) is 16.2 Å². The fraction of sp³-hybridized carbons (Fsp3) is 0.300. The highest BCUT2D eigenvalue weighted by Crippen LogP contribution is 2.59. The number of rotatable bonds is 3. The van der Waals surface area contributed by atoms with E-state index in [1.165, 1.54) is 6.33 Å². The number of nitrogens with one attached hydrogen (secondary N) is 2. The van der Waals surface area contributed by atoms with Crippen LogP contribution in [0.2, 0.25) is 5.02 Å². The zero-order valence-electron chi connectivity index (χ0n) is 14.1. The third kappa shape index (κ3) is 2.38. The summed E-state index contributed by atoms with van der Waals surface area (Å²) >= 11 is 6.46. The molecule has 1 saturated heterocycles. The van der Waals surface area contributed by atoms with E-state index >= 15 is 4.39 Å². The quantitative estimate of drug-likeness (QED) is 0.718. The summed E-state index contributed by atoms with van der Waals surface area (Å²) in [7, 11) is 0. The van der Waals surface area contributed by atoms with Crippen LogP contribution >= 0.6 is 11.6 Å². The molecule has 2 heterocycles. The summed E-state index contributed by atoms with van der Waals surface area (Å²) < 4.78 is 15.0.